The molecular formula is C17H17Br2NO4S2. The van der Waals surface area contributed by atoms with E-state index in [4.69, 9.17) is 5.14 Å². The lowest BCUT2D eigenvalue weighted by atomic mass is 10.0. The largest absolute Gasteiger partial charge is 0.478 e. The number of sulfonamides is 1. The van der Waals surface area contributed by atoms with E-state index in [2.05, 4.69) is 31.9 Å². The van der Waals surface area contributed by atoms with Crippen LogP contribution in [0.3, 0.4) is 0 Å². The summed E-state index contributed by atoms with van der Waals surface area (Å²) in [5.74, 6) is -0.556. The highest BCUT2D eigenvalue weighted by Crippen LogP contribution is 2.33. The number of halogens is 2. The lowest BCUT2D eigenvalue weighted by Gasteiger charge is -2.16. The van der Waals surface area contributed by atoms with Crippen LogP contribution in [-0.4, -0.2) is 35.4 Å². The molecule has 0 saturated heterocycles. The van der Waals surface area contributed by atoms with Gasteiger partial charge in [0.15, 0.2) is 0 Å². The summed E-state index contributed by atoms with van der Waals surface area (Å²) in [4.78, 5) is 12.0. The molecule has 0 aromatic heterocycles. The van der Waals surface area contributed by atoms with Crippen LogP contribution in [0.1, 0.15) is 21.5 Å². The zero-order valence-electron chi connectivity index (χ0n) is 13.6. The number of hydrogen-bond donors (Lipinski definition) is 2. The molecule has 0 spiro atoms. The van der Waals surface area contributed by atoms with Gasteiger partial charge in [-0.3, -0.25) is 0 Å². The van der Waals surface area contributed by atoms with Crippen molar-refractivity contribution in [2.45, 2.75) is 21.0 Å². The topological polar surface area (TPSA) is 97.5 Å². The van der Waals surface area contributed by atoms with Gasteiger partial charge < -0.3 is 5.11 Å². The number of alkyl halides is 2. The fraction of sp³-hybridized carbons (Fsp3) is 0.235. The monoisotopic (exact) mass is 521 g/mol. The Labute approximate surface area is 173 Å². The number of carboxylic acid groups (broad SMARTS) is 1. The third-order valence-electron chi connectivity index (χ3n) is 3.53. The van der Waals surface area contributed by atoms with E-state index in [9.17, 15) is 18.3 Å². The summed E-state index contributed by atoms with van der Waals surface area (Å²) in [5, 5.41) is 15.4. The normalized spacial score (nSPS) is 12.7. The minimum absolute atomic E-state index is 0.0988. The second-order valence-corrected chi connectivity index (χ2v) is 10.1. The molecule has 3 N–H and O–H groups in total. The van der Waals surface area contributed by atoms with Gasteiger partial charge >= 0.3 is 5.97 Å². The smallest absolute Gasteiger partial charge is 0.335 e. The number of thioether (sulfide) groups is 1. The fourth-order valence-corrected chi connectivity index (χ4v) is 5.18. The van der Waals surface area contributed by atoms with E-state index in [0.29, 0.717) is 28.0 Å². The highest BCUT2D eigenvalue weighted by Gasteiger charge is 2.22. The van der Waals surface area contributed by atoms with Crippen LogP contribution in [0.5, 0.6) is 0 Å². The van der Waals surface area contributed by atoms with Crippen LogP contribution in [0.15, 0.2) is 52.3 Å². The molecule has 140 valence electrons. The molecule has 1 atom stereocenters. The molecule has 26 heavy (non-hydrogen) atoms. The van der Waals surface area contributed by atoms with Crippen molar-refractivity contribution in [3.8, 4) is 0 Å². The molecule has 0 radical (unpaired) electrons. The Balaban J connectivity index is 2.60. The van der Waals surface area contributed by atoms with Crippen LogP contribution in [0.4, 0.5) is 0 Å². The molecule has 0 amide bonds. The first kappa shape index (κ1) is 21.4. The number of hydrogen-bond acceptors (Lipinski definition) is 4. The van der Waals surface area contributed by atoms with Gasteiger partial charge in [-0.15, -0.1) is 11.8 Å². The number of nitrogens with two attached hydrogens (primary N) is 1. The molecule has 0 aliphatic rings. The van der Waals surface area contributed by atoms with E-state index in [1.54, 1.807) is 0 Å². The van der Waals surface area contributed by atoms with Gasteiger partial charge in [-0.05, 0) is 29.7 Å². The number of carboxylic acids is 1. The number of aromatic carboxylic acids is 1. The average molecular weight is 523 g/mol. The van der Waals surface area contributed by atoms with E-state index in [1.165, 1.54) is 17.8 Å². The van der Waals surface area contributed by atoms with E-state index < -0.39 is 16.0 Å². The van der Waals surface area contributed by atoms with Crippen LogP contribution < -0.4 is 5.14 Å². The number of carbonyl (C=O) groups is 1. The molecule has 2 rings (SSSR count). The predicted octanol–water partition coefficient (Wildman–Crippen LogP) is 3.87. The van der Waals surface area contributed by atoms with Crippen molar-refractivity contribution in [1.82, 2.24) is 0 Å². The van der Waals surface area contributed by atoms with Crippen LogP contribution in [-0.2, 0) is 16.4 Å². The molecule has 9 heteroatoms. The Hall–Kier alpha value is -0.870. The van der Waals surface area contributed by atoms with Gasteiger partial charge in [0.2, 0.25) is 10.0 Å². The van der Waals surface area contributed by atoms with Crippen molar-refractivity contribution < 1.29 is 18.3 Å². The first-order valence-electron chi connectivity index (χ1n) is 7.52. The summed E-state index contributed by atoms with van der Waals surface area (Å²) >= 11 is 8.28. The average Bonchev–Trinajstić information content (AvgIpc) is 2.60. The molecule has 0 aliphatic carbocycles. The minimum Gasteiger partial charge on any atom is -0.478 e. The molecular weight excluding hydrogens is 506 g/mol. The highest BCUT2D eigenvalue weighted by atomic mass is 79.9. The van der Waals surface area contributed by atoms with Gasteiger partial charge in [0.1, 0.15) is 0 Å². The zero-order valence-corrected chi connectivity index (χ0v) is 18.4. The van der Waals surface area contributed by atoms with Gasteiger partial charge in [0.05, 0.1) is 10.5 Å². The second-order valence-electron chi connectivity index (χ2n) is 5.53. The summed E-state index contributed by atoms with van der Waals surface area (Å²) in [6.45, 7) is 0. The van der Waals surface area contributed by atoms with Crippen molar-refractivity contribution in [2.24, 2.45) is 5.14 Å². The van der Waals surface area contributed by atoms with Gasteiger partial charge in [0, 0.05) is 20.8 Å². The molecule has 0 aliphatic heterocycles. The van der Waals surface area contributed by atoms with Crippen LogP contribution >= 0.6 is 43.6 Å². The van der Waals surface area contributed by atoms with Crippen LogP contribution in [0, 0.1) is 0 Å². The molecule has 0 fully saturated rings. The molecule has 0 bridgehead atoms. The van der Waals surface area contributed by atoms with E-state index >= 15 is 0 Å². The van der Waals surface area contributed by atoms with Crippen molar-refractivity contribution in [3.63, 3.8) is 0 Å². The Morgan fingerprint density at radius 1 is 1.23 bits per heavy atom. The van der Waals surface area contributed by atoms with Crippen molar-refractivity contribution in [3.05, 3.63) is 59.2 Å². The SMILES string of the molecule is NS(=O)(=O)c1cc(C(=O)O)cc(SCC(Br)CBr)c1Cc1ccccc1. The van der Waals surface area contributed by atoms with Gasteiger partial charge in [-0.2, -0.15) is 0 Å². The van der Waals surface area contributed by atoms with Crippen LogP contribution in [0.25, 0.3) is 0 Å². The maximum Gasteiger partial charge on any atom is 0.335 e. The quantitative estimate of drug-likeness (QED) is 0.405. The Bertz CT molecular complexity index is 889. The zero-order chi connectivity index (χ0) is 19.3. The summed E-state index contributed by atoms with van der Waals surface area (Å²) in [5.41, 5.74) is 1.33. The van der Waals surface area contributed by atoms with Crippen LogP contribution in [0.2, 0.25) is 0 Å². The van der Waals surface area contributed by atoms with E-state index in [-0.39, 0.29) is 15.3 Å². The molecule has 0 heterocycles. The molecule has 0 saturated carbocycles. The lowest BCUT2D eigenvalue weighted by molar-refractivity contribution is 0.0696. The summed E-state index contributed by atoms with van der Waals surface area (Å²) < 4.78 is 24.2. The molecule has 1 unspecified atom stereocenters. The number of primary sulfonamides is 1. The Kier molecular flexibility index (Phi) is 7.72. The first-order chi connectivity index (χ1) is 12.2. The predicted molar refractivity (Wildman–Crippen MR) is 111 cm³/mol. The number of benzene rings is 2. The van der Waals surface area contributed by atoms with Gasteiger partial charge in [-0.1, -0.05) is 62.2 Å². The molecule has 2 aromatic rings. The fourth-order valence-electron chi connectivity index (χ4n) is 2.32. The van der Waals surface area contributed by atoms with Gasteiger partial charge in [0.25, 0.3) is 0 Å². The standard InChI is InChI=1S/C17H17Br2NO4S2/c18-9-13(19)10-25-15-7-12(17(21)22)8-16(26(20,23)24)14(15)6-11-4-2-1-3-5-11/h1-5,7-8,13H,6,9-10H2,(H,21,22)(H2,20,23,24). The first-order valence-corrected chi connectivity index (χ1v) is 12.1. The van der Waals surface area contributed by atoms with Gasteiger partial charge in [-0.25, -0.2) is 18.4 Å². The summed E-state index contributed by atoms with van der Waals surface area (Å²) in [6, 6.07) is 12.0. The van der Waals surface area contributed by atoms with Crippen molar-refractivity contribution >= 4 is 59.6 Å². The number of rotatable bonds is 8. The summed E-state index contributed by atoms with van der Waals surface area (Å²) in [6.07, 6.45) is 0.343. The van der Waals surface area contributed by atoms with E-state index in [1.807, 2.05) is 30.3 Å². The summed E-state index contributed by atoms with van der Waals surface area (Å²) in [7, 11) is -4.07. The third kappa shape index (κ3) is 5.82. The lowest BCUT2D eigenvalue weighted by Crippen LogP contribution is -2.17. The van der Waals surface area contributed by atoms with Crippen molar-refractivity contribution in [2.75, 3.05) is 11.1 Å². The Morgan fingerprint density at radius 3 is 2.42 bits per heavy atom. The Morgan fingerprint density at radius 2 is 1.88 bits per heavy atom. The third-order valence-corrected chi connectivity index (χ3v) is 8.48. The second kappa shape index (κ2) is 9.36. The maximum atomic E-state index is 12.1. The maximum absolute atomic E-state index is 12.1. The molecule has 2 aromatic carbocycles. The van der Waals surface area contributed by atoms with Crippen molar-refractivity contribution in [1.29, 1.82) is 0 Å². The minimum atomic E-state index is -4.07. The van der Waals surface area contributed by atoms with E-state index in [0.717, 1.165) is 11.6 Å². The molecule has 5 nitrogen and oxygen atoms in total. The highest BCUT2D eigenvalue weighted by molar-refractivity contribution is 9.12.